The first-order valence-corrected chi connectivity index (χ1v) is 10.2. The van der Waals surface area contributed by atoms with Crippen molar-refractivity contribution in [2.24, 2.45) is 0 Å². The topological polar surface area (TPSA) is 321 Å². The summed E-state index contributed by atoms with van der Waals surface area (Å²) in [6.07, 6.45) is 0. The molecule has 0 aliphatic rings. The molecule has 0 saturated heterocycles. The summed E-state index contributed by atoms with van der Waals surface area (Å²) >= 11 is -22.5. The summed E-state index contributed by atoms with van der Waals surface area (Å²) in [6, 6.07) is 0. The summed E-state index contributed by atoms with van der Waals surface area (Å²) in [5.41, 5.74) is 0. The molecule has 0 spiro atoms. The third-order valence-electron chi connectivity index (χ3n) is 0. The minimum Gasteiger partial charge on any atom is 3.00 e. The van der Waals surface area contributed by atoms with Gasteiger partial charge in [-0.25, -0.2) is 0 Å². The monoisotopic (exact) mass is 558 g/mol. The van der Waals surface area contributed by atoms with Gasteiger partial charge in [-0.3, -0.25) is 0 Å². The van der Waals surface area contributed by atoms with Crippen molar-refractivity contribution >= 4 is 9.90 Å². The van der Waals surface area contributed by atoms with Crippen LogP contribution < -0.4 is 33.5 Å². The molecule has 0 rings (SSSR count). The van der Waals surface area contributed by atoms with Gasteiger partial charge in [-0.1, -0.05) is 0 Å². The predicted octanol–water partition coefficient (Wildman–Crippen LogP) is -9.61. The quantitative estimate of drug-likeness (QED) is 0.197. The molecule has 2 radical (unpaired) electrons. The molecule has 0 bridgehead atoms. The van der Waals surface area contributed by atoms with Crippen LogP contribution >= 0.6 is 9.90 Å². The Morgan fingerprint density at radius 2 is 0.364 bits per heavy atom. The molecule has 0 fully saturated rings. The number of hydrogen-bond donors (Lipinski definition) is 0. The molecule has 0 N–H and O–H groups in total. The fraction of sp³-hybridized carbons (Fsp3) is 0. The molecule has 0 aromatic heterocycles. The van der Waals surface area contributed by atoms with E-state index >= 15 is 0 Å². The van der Waals surface area contributed by atoms with E-state index in [1.165, 1.54) is 0 Å². The summed E-state index contributed by atoms with van der Waals surface area (Å²) in [4.78, 5) is 0. The van der Waals surface area contributed by atoms with E-state index in [9.17, 15) is 0 Å². The Labute approximate surface area is 145 Å². The molecule has 22 heavy (non-hydrogen) atoms. The second-order valence-electron chi connectivity index (χ2n) is 1.51. The van der Waals surface area contributed by atoms with Gasteiger partial charge in [-0.15, -0.1) is 0 Å². The minimum absolute atomic E-state index is 0. The molecule has 134 valence electrons. The van der Waals surface area contributed by atoms with E-state index in [4.69, 9.17) is 64.2 Å². The first-order chi connectivity index (χ1) is 8.00. The van der Waals surface area contributed by atoms with Gasteiger partial charge in [0.2, 0.25) is 0 Å². The van der Waals surface area contributed by atoms with Gasteiger partial charge < -0.3 is 0 Å². The molecule has 0 aromatic carbocycles. The van der Waals surface area contributed by atoms with Crippen molar-refractivity contribution in [1.82, 2.24) is 0 Å². The van der Waals surface area contributed by atoms with Crippen LogP contribution in [0.15, 0.2) is 0 Å². The van der Waals surface area contributed by atoms with Crippen LogP contribution in [0.1, 0.15) is 0 Å². The zero-order valence-electron chi connectivity index (χ0n) is 8.94. The van der Waals surface area contributed by atoms with Crippen LogP contribution in [-0.4, -0.2) is 0 Å². The molecule has 0 aromatic rings. The van der Waals surface area contributed by atoms with Crippen LogP contribution in [0.25, 0.3) is 0 Å². The summed E-state index contributed by atoms with van der Waals surface area (Å²) in [5.74, 6) is 0. The molecule has 22 heteroatoms. The maximum absolute atomic E-state index is 8.58. The van der Waals surface area contributed by atoms with Gasteiger partial charge >= 0.3 is 146 Å². The largest absolute Gasteiger partial charge is 5.00 e. The smallest absolute Gasteiger partial charge is 3.00 e. The van der Waals surface area contributed by atoms with Crippen molar-refractivity contribution in [3.8, 4) is 0 Å². The number of rotatable bonds is 0. The van der Waals surface area contributed by atoms with E-state index in [1.807, 2.05) is 0 Å². The Bertz CT molecular complexity index is 479. The van der Waals surface area contributed by atoms with Crippen LogP contribution in [-0.2, 0) is 103 Å². The van der Waals surface area contributed by atoms with Gasteiger partial charge in [0.25, 0.3) is 0 Å². The summed E-state index contributed by atoms with van der Waals surface area (Å²) in [6.45, 7) is 0. The molecule has 16 nitrogen and oxygen atoms in total. The zero-order chi connectivity index (χ0) is 18.0. The molecule has 0 amide bonds. The molecular formula is Mn4O16PV. The summed E-state index contributed by atoms with van der Waals surface area (Å²) in [5, 5.41) is 0. The first-order valence-electron chi connectivity index (χ1n) is 2.47. The predicted molar refractivity (Wildman–Crippen MR) is 12.4 cm³/mol. The molecule has 0 saturated carbocycles. The molecule has 0 unspecified atom stereocenters. The van der Waals surface area contributed by atoms with E-state index in [2.05, 4.69) is 0 Å². The van der Waals surface area contributed by atoms with Gasteiger partial charge in [-0.05, 0) is 0 Å². The zero-order valence-corrected chi connectivity index (χ0v) is 16.0. The Kier molecular flexibility index (Phi) is 27.5. The van der Waals surface area contributed by atoms with Crippen molar-refractivity contribution in [2.75, 3.05) is 0 Å². The number of hydrogen-bond acceptors (Lipinski definition) is 16. The molecule has 0 heterocycles. The molecule has 0 atom stereocenters. The van der Waals surface area contributed by atoms with Crippen LogP contribution in [0.5, 0.6) is 0 Å². The summed E-state index contributed by atoms with van der Waals surface area (Å²) in [7, 11) is 0. The van der Waals surface area contributed by atoms with Crippen molar-refractivity contribution < 1.29 is 136 Å². The third kappa shape index (κ3) is 6270. The van der Waals surface area contributed by atoms with Gasteiger partial charge in [-0.2, -0.15) is 0 Å². The van der Waals surface area contributed by atoms with Crippen molar-refractivity contribution in [1.29, 1.82) is 0 Å². The second-order valence-corrected chi connectivity index (χ2v) is 6.23. The average Bonchev–Trinajstić information content (AvgIpc) is 1.62. The maximum Gasteiger partial charge on any atom is 5.00 e. The second kappa shape index (κ2) is 15.7. The van der Waals surface area contributed by atoms with Crippen molar-refractivity contribution in [3.63, 3.8) is 0 Å². The standard InChI is InChI=1S/4Mn.16O.P.V/q;;;;;;;;;;;;8*-1;+3;+5. The van der Waals surface area contributed by atoms with Gasteiger partial charge in [0.15, 0.2) is 0 Å². The van der Waals surface area contributed by atoms with E-state index in [-0.39, 0.29) is 28.5 Å². The fourth-order valence-corrected chi connectivity index (χ4v) is 0. The fourth-order valence-electron chi connectivity index (χ4n) is 0. The van der Waals surface area contributed by atoms with Crippen molar-refractivity contribution in [2.45, 2.75) is 0 Å². The first kappa shape index (κ1) is 38.6. The molecule has 0 aliphatic heterocycles. The minimum atomic E-state index is -5.62. The molecule has 0 aliphatic carbocycles. The van der Waals surface area contributed by atoms with Crippen LogP contribution in [0.2, 0.25) is 0 Å². The van der Waals surface area contributed by atoms with E-state index < -0.39 is 53.5 Å². The van der Waals surface area contributed by atoms with Crippen LogP contribution in [0.4, 0.5) is 0 Å². The van der Waals surface area contributed by atoms with Gasteiger partial charge in [0.05, 0.1) is 0 Å². The third-order valence-corrected chi connectivity index (χ3v) is 0. The van der Waals surface area contributed by atoms with Crippen molar-refractivity contribution in [3.05, 3.63) is 0 Å². The maximum atomic E-state index is 8.58. The summed E-state index contributed by atoms with van der Waals surface area (Å²) < 4.78 is 137. The Balaban J connectivity index is -0.0000000376. The Hall–Kier alpha value is 1.17. The van der Waals surface area contributed by atoms with Gasteiger partial charge in [0.1, 0.15) is 0 Å². The van der Waals surface area contributed by atoms with E-state index in [0.29, 0.717) is 0 Å². The normalized spacial score (nSPS) is 10.5. The van der Waals surface area contributed by atoms with E-state index in [0.717, 1.165) is 0 Å². The Morgan fingerprint density at radius 1 is 0.364 bits per heavy atom. The van der Waals surface area contributed by atoms with Gasteiger partial charge in [0, 0.05) is 0 Å². The average molecular weight is 558 g/mol. The van der Waals surface area contributed by atoms with E-state index in [1.54, 1.807) is 0 Å². The van der Waals surface area contributed by atoms with Crippen LogP contribution in [0.3, 0.4) is 0 Å². The SMILES string of the molecule is [O]=[Mn](=[O])([O-])[O-].[O]=[Mn](=[O])([O-])[O-].[O]=[Mn](=[O])([O-])[O-].[O]=[Mn](=[O])([O-])[O-].[P+3].[V+5]. The molecular weight excluding hydrogens is 558 g/mol. The Morgan fingerprint density at radius 3 is 0.364 bits per heavy atom. The van der Waals surface area contributed by atoms with Crippen LogP contribution in [0, 0.1) is 0 Å².